The van der Waals surface area contributed by atoms with Gasteiger partial charge in [0.15, 0.2) is 0 Å². The molecule has 1 fully saturated rings. The highest BCUT2D eigenvalue weighted by atomic mass is 19.1. The van der Waals surface area contributed by atoms with Crippen LogP contribution < -0.4 is 0 Å². The maximum absolute atomic E-state index is 13.4. The third kappa shape index (κ3) is 3.25. The Kier molecular flexibility index (Phi) is 4.77. The summed E-state index contributed by atoms with van der Waals surface area (Å²) in [7, 11) is 0. The monoisotopic (exact) mass is 352 g/mol. The zero-order valence-corrected chi connectivity index (χ0v) is 14.7. The van der Waals surface area contributed by atoms with Gasteiger partial charge in [-0.15, -0.1) is 0 Å². The van der Waals surface area contributed by atoms with E-state index < -0.39 is 0 Å². The molecule has 1 aromatic carbocycles. The molecule has 0 saturated carbocycles. The van der Waals surface area contributed by atoms with Crippen LogP contribution in [-0.2, 0) is 4.74 Å². The van der Waals surface area contributed by atoms with Crippen LogP contribution in [0.15, 0.2) is 55.0 Å². The number of hydrogen-bond acceptors (Lipinski definition) is 4. The van der Waals surface area contributed by atoms with Gasteiger partial charge in [0.2, 0.25) is 0 Å². The summed E-state index contributed by atoms with van der Waals surface area (Å²) in [6, 6.07) is 10.4. The minimum Gasteiger partial charge on any atom is -0.376 e. The molecule has 1 aliphatic rings. The predicted molar refractivity (Wildman–Crippen MR) is 98.0 cm³/mol. The summed E-state index contributed by atoms with van der Waals surface area (Å²) >= 11 is 0. The number of nitrogens with zero attached hydrogens (tertiary/aromatic N) is 4. The van der Waals surface area contributed by atoms with E-state index in [-0.39, 0.29) is 12.0 Å². The van der Waals surface area contributed by atoms with E-state index >= 15 is 0 Å². The minimum absolute atomic E-state index is 0.0588. The average molecular weight is 352 g/mol. The molecular formula is C20H21FN4O. The lowest BCUT2D eigenvalue weighted by molar-refractivity contribution is -0.0400. The highest BCUT2D eigenvalue weighted by Crippen LogP contribution is 2.32. The molecule has 1 aliphatic heterocycles. The van der Waals surface area contributed by atoms with Gasteiger partial charge in [-0.25, -0.2) is 4.39 Å². The second kappa shape index (κ2) is 7.35. The predicted octanol–water partition coefficient (Wildman–Crippen LogP) is 3.60. The molecule has 0 N–H and O–H groups in total. The van der Waals surface area contributed by atoms with Gasteiger partial charge in [-0.3, -0.25) is 14.6 Å². The maximum Gasteiger partial charge on any atom is 0.128 e. The van der Waals surface area contributed by atoms with E-state index in [1.807, 2.05) is 23.0 Å². The Bertz CT molecular complexity index is 863. The van der Waals surface area contributed by atoms with E-state index in [2.05, 4.69) is 16.8 Å². The molecule has 3 heterocycles. The lowest BCUT2D eigenvalue weighted by Crippen LogP contribution is -2.42. The zero-order chi connectivity index (χ0) is 17.9. The van der Waals surface area contributed by atoms with Crippen molar-refractivity contribution in [1.82, 2.24) is 19.7 Å². The first-order valence-electron chi connectivity index (χ1n) is 8.83. The lowest BCUT2D eigenvalue weighted by Gasteiger charge is -2.34. The lowest BCUT2D eigenvalue weighted by atomic mass is 10.0. The first-order valence-corrected chi connectivity index (χ1v) is 8.83. The molecule has 0 bridgehead atoms. The Morgan fingerprint density at radius 2 is 1.88 bits per heavy atom. The van der Waals surface area contributed by atoms with Gasteiger partial charge in [0.05, 0.1) is 13.2 Å². The summed E-state index contributed by atoms with van der Waals surface area (Å²) in [5.74, 6) is -0.246. The number of halogens is 1. The van der Waals surface area contributed by atoms with E-state index in [9.17, 15) is 4.39 Å². The molecule has 1 atom stereocenters. The second-order valence-electron chi connectivity index (χ2n) is 6.30. The average Bonchev–Trinajstić information content (AvgIpc) is 3.14. The summed E-state index contributed by atoms with van der Waals surface area (Å²) < 4.78 is 21.0. The number of aromatic nitrogens is 3. The Morgan fingerprint density at radius 1 is 1.12 bits per heavy atom. The largest absolute Gasteiger partial charge is 0.376 e. The summed E-state index contributed by atoms with van der Waals surface area (Å²) in [4.78, 5) is 6.44. The molecule has 0 aliphatic carbocycles. The highest BCUT2D eigenvalue weighted by molar-refractivity contribution is 5.80. The van der Waals surface area contributed by atoms with Gasteiger partial charge in [0.25, 0.3) is 0 Å². The molecular weight excluding hydrogens is 331 g/mol. The van der Waals surface area contributed by atoms with E-state index in [0.717, 1.165) is 42.1 Å². The van der Waals surface area contributed by atoms with Gasteiger partial charge in [-0.2, -0.15) is 5.10 Å². The number of rotatable bonds is 4. The molecule has 5 nitrogen and oxygen atoms in total. The number of morpholine rings is 1. The quantitative estimate of drug-likeness (QED) is 0.720. The summed E-state index contributed by atoms with van der Waals surface area (Å²) in [6.07, 6.45) is 5.60. The van der Waals surface area contributed by atoms with Crippen LogP contribution in [0, 0.1) is 5.82 Å². The molecule has 0 radical (unpaired) electrons. The second-order valence-corrected chi connectivity index (χ2v) is 6.30. The smallest absolute Gasteiger partial charge is 0.128 e. The van der Waals surface area contributed by atoms with Crippen molar-refractivity contribution in [2.24, 2.45) is 0 Å². The van der Waals surface area contributed by atoms with Gasteiger partial charge >= 0.3 is 0 Å². The van der Waals surface area contributed by atoms with Crippen molar-refractivity contribution in [2.45, 2.75) is 13.1 Å². The maximum atomic E-state index is 13.4. The fourth-order valence-corrected chi connectivity index (χ4v) is 3.35. The molecule has 4 rings (SSSR count). The fraction of sp³-hybridized carbons (Fsp3) is 0.300. The third-order valence-electron chi connectivity index (χ3n) is 4.76. The first-order chi connectivity index (χ1) is 12.8. The molecule has 26 heavy (non-hydrogen) atoms. The molecule has 0 spiro atoms. The Balaban J connectivity index is 1.81. The number of pyridine rings is 1. The van der Waals surface area contributed by atoms with E-state index in [0.29, 0.717) is 6.61 Å². The van der Waals surface area contributed by atoms with Crippen LogP contribution in [0.5, 0.6) is 0 Å². The SMILES string of the molecule is CCN1CCOCC1n1cc(-c2ccc(F)cc2)c(-c2ccncc2)n1. The molecule has 3 aromatic rings. The van der Waals surface area contributed by atoms with Gasteiger partial charge in [0.1, 0.15) is 17.7 Å². The summed E-state index contributed by atoms with van der Waals surface area (Å²) in [5.41, 5.74) is 3.75. The highest BCUT2D eigenvalue weighted by Gasteiger charge is 2.25. The van der Waals surface area contributed by atoms with Crippen molar-refractivity contribution >= 4 is 0 Å². The molecule has 2 aromatic heterocycles. The number of ether oxygens (including phenoxy) is 1. The summed E-state index contributed by atoms with van der Waals surface area (Å²) in [6.45, 7) is 5.32. The molecule has 0 amide bonds. The van der Waals surface area contributed by atoms with Crippen molar-refractivity contribution in [1.29, 1.82) is 0 Å². The van der Waals surface area contributed by atoms with E-state index in [1.165, 1.54) is 12.1 Å². The Hall–Kier alpha value is -2.57. The van der Waals surface area contributed by atoms with Crippen LogP contribution in [0.25, 0.3) is 22.4 Å². The summed E-state index contributed by atoms with van der Waals surface area (Å²) in [5, 5.41) is 4.87. The standard InChI is InChI=1S/C20H21FN4O/c1-2-24-11-12-26-14-19(24)25-13-18(15-3-5-17(21)6-4-15)20(23-25)16-7-9-22-10-8-16/h3-10,13,19H,2,11-12,14H2,1H3. The Labute approximate surface area is 152 Å². The van der Waals surface area contributed by atoms with Gasteiger partial charge in [-0.05, 0) is 36.4 Å². The Morgan fingerprint density at radius 3 is 2.62 bits per heavy atom. The first kappa shape index (κ1) is 16.9. The van der Waals surface area contributed by atoms with Crippen LogP contribution in [0.4, 0.5) is 4.39 Å². The molecule has 6 heteroatoms. The van der Waals surface area contributed by atoms with Crippen molar-refractivity contribution in [2.75, 3.05) is 26.3 Å². The normalized spacial score (nSPS) is 18.2. The zero-order valence-electron chi connectivity index (χ0n) is 14.7. The van der Waals surface area contributed by atoms with E-state index in [1.54, 1.807) is 24.5 Å². The molecule has 1 unspecified atom stereocenters. The van der Waals surface area contributed by atoms with Crippen LogP contribution in [0.3, 0.4) is 0 Å². The van der Waals surface area contributed by atoms with Crippen LogP contribution in [0.1, 0.15) is 13.1 Å². The van der Waals surface area contributed by atoms with Crippen LogP contribution in [0.2, 0.25) is 0 Å². The number of benzene rings is 1. The molecule has 134 valence electrons. The third-order valence-corrected chi connectivity index (χ3v) is 4.76. The minimum atomic E-state index is -0.246. The van der Waals surface area contributed by atoms with Crippen LogP contribution in [-0.4, -0.2) is 46.0 Å². The van der Waals surface area contributed by atoms with Crippen molar-refractivity contribution in [3.8, 4) is 22.4 Å². The number of likely N-dealkylation sites (N-methyl/N-ethyl adjacent to an activating group) is 1. The van der Waals surface area contributed by atoms with Crippen molar-refractivity contribution in [3.05, 3.63) is 60.8 Å². The van der Waals surface area contributed by atoms with Gasteiger partial charge in [-0.1, -0.05) is 19.1 Å². The van der Waals surface area contributed by atoms with Crippen molar-refractivity contribution < 1.29 is 9.13 Å². The van der Waals surface area contributed by atoms with E-state index in [4.69, 9.17) is 9.84 Å². The van der Waals surface area contributed by atoms with Gasteiger partial charge in [0, 0.05) is 36.3 Å². The molecule has 1 saturated heterocycles. The van der Waals surface area contributed by atoms with Crippen molar-refractivity contribution in [3.63, 3.8) is 0 Å². The number of hydrogen-bond donors (Lipinski definition) is 0. The van der Waals surface area contributed by atoms with Crippen LogP contribution >= 0.6 is 0 Å². The fourth-order valence-electron chi connectivity index (χ4n) is 3.35. The topological polar surface area (TPSA) is 43.2 Å². The van der Waals surface area contributed by atoms with Gasteiger partial charge < -0.3 is 4.74 Å².